The number of hydrogen-bond acceptors (Lipinski definition) is 2. The van der Waals surface area contributed by atoms with E-state index in [2.05, 4.69) is 19.9 Å². The first-order valence-corrected chi connectivity index (χ1v) is 5.73. The van der Waals surface area contributed by atoms with E-state index in [-0.39, 0.29) is 0 Å². The van der Waals surface area contributed by atoms with Crippen LogP contribution in [0.1, 0.15) is 35.6 Å². The Kier molecular flexibility index (Phi) is 3.30. The predicted molar refractivity (Wildman–Crippen MR) is 64.1 cm³/mol. The zero-order valence-electron chi connectivity index (χ0n) is 9.86. The second-order valence-corrected chi connectivity index (χ2v) is 4.49. The van der Waals surface area contributed by atoms with Gasteiger partial charge in [-0.1, -0.05) is 29.3 Å². The Balaban J connectivity index is 2.25. The predicted octanol–water partition coefficient (Wildman–Crippen LogP) is 3.03. The Morgan fingerprint density at radius 3 is 2.44 bits per heavy atom. The van der Waals surface area contributed by atoms with Crippen LogP contribution >= 0.6 is 0 Å². The van der Waals surface area contributed by atoms with Crippen molar-refractivity contribution in [3.8, 4) is 0 Å². The third kappa shape index (κ3) is 2.45. The van der Waals surface area contributed by atoms with Gasteiger partial charge in [0.25, 0.3) is 0 Å². The maximum Gasteiger partial charge on any atom is 0.103 e. The monoisotopic (exact) mass is 218 g/mol. The Bertz CT molecular complexity index is 387. The van der Waals surface area contributed by atoms with Crippen molar-refractivity contribution in [3.05, 3.63) is 46.7 Å². The van der Waals surface area contributed by atoms with Crippen LogP contribution in [0.25, 0.3) is 0 Å². The lowest BCUT2D eigenvalue weighted by molar-refractivity contribution is 0.170. The Morgan fingerprint density at radius 2 is 1.88 bits per heavy atom. The van der Waals surface area contributed by atoms with Crippen LogP contribution < -0.4 is 0 Å². The summed E-state index contributed by atoms with van der Waals surface area (Å²) in [6, 6.07) is 6.18. The average molecular weight is 218 g/mol. The molecule has 1 aromatic rings. The van der Waals surface area contributed by atoms with Crippen LogP contribution in [0.15, 0.2) is 30.0 Å². The molecular formula is C14H18O2. The molecule has 1 aliphatic heterocycles. The molecule has 1 aliphatic rings. The molecule has 1 N–H and O–H groups in total. The zero-order chi connectivity index (χ0) is 11.5. The first-order chi connectivity index (χ1) is 7.66. The van der Waals surface area contributed by atoms with Crippen LogP contribution in [0.2, 0.25) is 0 Å². The van der Waals surface area contributed by atoms with E-state index in [1.165, 1.54) is 11.1 Å². The number of rotatable bonds is 2. The van der Waals surface area contributed by atoms with Gasteiger partial charge in [0, 0.05) is 0 Å². The van der Waals surface area contributed by atoms with Crippen molar-refractivity contribution in [2.24, 2.45) is 0 Å². The van der Waals surface area contributed by atoms with Gasteiger partial charge in [0.05, 0.1) is 12.9 Å². The molecule has 0 radical (unpaired) electrons. The quantitative estimate of drug-likeness (QED) is 0.826. The van der Waals surface area contributed by atoms with Crippen molar-refractivity contribution in [1.29, 1.82) is 0 Å². The summed E-state index contributed by atoms with van der Waals surface area (Å²) in [4.78, 5) is 0. The molecule has 0 aromatic heterocycles. The van der Waals surface area contributed by atoms with Gasteiger partial charge in [0.1, 0.15) is 6.10 Å². The summed E-state index contributed by atoms with van der Waals surface area (Å²) in [6.07, 6.45) is 3.12. The van der Waals surface area contributed by atoms with Gasteiger partial charge in [-0.2, -0.15) is 0 Å². The van der Waals surface area contributed by atoms with E-state index in [4.69, 9.17) is 4.74 Å². The summed E-state index contributed by atoms with van der Waals surface area (Å²) >= 11 is 0. The van der Waals surface area contributed by atoms with Gasteiger partial charge in [-0.05, 0) is 37.8 Å². The van der Waals surface area contributed by atoms with E-state index < -0.39 is 6.10 Å². The molecule has 1 heterocycles. The van der Waals surface area contributed by atoms with Crippen molar-refractivity contribution >= 4 is 0 Å². The zero-order valence-corrected chi connectivity index (χ0v) is 9.86. The van der Waals surface area contributed by atoms with Gasteiger partial charge in [0.15, 0.2) is 0 Å². The molecule has 1 atom stereocenters. The average Bonchev–Trinajstić information content (AvgIpc) is 2.28. The number of aliphatic hydroxyl groups excluding tert-OH is 1. The topological polar surface area (TPSA) is 29.5 Å². The minimum absolute atomic E-state index is 0.515. The molecule has 1 aromatic carbocycles. The highest BCUT2D eigenvalue weighted by molar-refractivity contribution is 5.33. The van der Waals surface area contributed by atoms with Crippen LogP contribution in [0, 0.1) is 13.8 Å². The Hall–Kier alpha value is -1.28. The minimum atomic E-state index is -0.515. The molecule has 0 aliphatic carbocycles. The second kappa shape index (κ2) is 4.71. The van der Waals surface area contributed by atoms with E-state index in [1.54, 1.807) is 6.26 Å². The van der Waals surface area contributed by atoms with E-state index in [0.717, 1.165) is 30.6 Å². The Labute approximate surface area is 96.6 Å². The molecule has 86 valence electrons. The number of ether oxygens (including phenoxy) is 1. The van der Waals surface area contributed by atoms with Crippen molar-refractivity contribution in [2.45, 2.75) is 32.8 Å². The van der Waals surface area contributed by atoms with Gasteiger partial charge in [-0.25, -0.2) is 0 Å². The van der Waals surface area contributed by atoms with Crippen LogP contribution in [0.3, 0.4) is 0 Å². The van der Waals surface area contributed by atoms with E-state index in [1.807, 2.05) is 12.1 Å². The van der Waals surface area contributed by atoms with Gasteiger partial charge in [-0.3, -0.25) is 0 Å². The van der Waals surface area contributed by atoms with E-state index in [9.17, 15) is 5.11 Å². The smallest absolute Gasteiger partial charge is 0.103 e. The van der Waals surface area contributed by atoms with E-state index in [0.29, 0.717) is 0 Å². The standard InChI is InChI=1S/C14H18O2/c1-10-6-11(2)8-13(7-10)14(15)12-4-3-5-16-9-12/h6-9,14-15H,3-5H2,1-2H3. The molecular weight excluding hydrogens is 200 g/mol. The fourth-order valence-electron chi connectivity index (χ4n) is 2.17. The summed E-state index contributed by atoms with van der Waals surface area (Å²) < 4.78 is 5.26. The molecule has 0 saturated carbocycles. The molecule has 2 heteroatoms. The lowest BCUT2D eigenvalue weighted by Crippen LogP contribution is -2.08. The molecule has 0 fully saturated rings. The highest BCUT2D eigenvalue weighted by Crippen LogP contribution is 2.28. The maximum absolute atomic E-state index is 10.2. The largest absolute Gasteiger partial charge is 0.501 e. The lowest BCUT2D eigenvalue weighted by Gasteiger charge is -2.19. The van der Waals surface area contributed by atoms with Gasteiger partial charge in [-0.15, -0.1) is 0 Å². The molecule has 0 amide bonds. The normalized spacial score (nSPS) is 17.6. The molecule has 0 spiro atoms. The second-order valence-electron chi connectivity index (χ2n) is 4.49. The van der Waals surface area contributed by atoms with Crippen LogP contribution in [-0.2, 0) is 4.74 Å². The summed E-state index contributed by atoms with van der Waals surface area (Å²) in [6.45, 7) is 4.87. The van der Waals surface area contributed by atoms with Gasteiger partial charge < -0.3 is 9.84 Å². The van der Waals surface area contributed by atoms with Crippen LogP contribution in [0.4, 0.5) is 0 Å². The van der Waals surface area contributed by atoms with Crippen molar-refractivity contribution in [3.63, 3.8) is 0 Å². The fourth-order valence-corrected chi connectivity index (χ4v) is 2.17. The van der Waals surface area contributed by atoms with Crippen LogP contribution in [-0.4, -0.2) is 11.7 Å². The Morgan fingerprint density at radius 1 is 1.19 bits per heavy atom. The summed E-state index contributed by atoms with van der Waals surface area (Å²) in [5, 5.41) is 10.2. The van der Waals surface area contributed by atoms with Crippen molar-refractivity contribution in [1.82, 2.24) is 0 Å². The highest BCUT2D eigenvalue weighted by atomic mass is 16.5. The molecule has 0 saturated heterocycles. The van der Waals surface area contributed by atoms with Crippen molar-refractivity contribution in [2.75, 3.05) is 6.61 Å². The van der Waals surface area contributed by atoms with E-state index >= 15 is 0 Å². The number of benzene rings is 1. The fraction of sp³-hybridized carbons (Fsp3) is 0.429. The third-order valence-electron chi connectivity index (χ3n) is 2.87. The summed E-state index contributed by atoms with van der Waals surface area (Å²) in [7, 11) is 0. The first-order valence-electron chi connectivity index (χ1n) is 5.73. The molecule has 0 bridgehead atoms. The number of aliphatic hydroxyl groups is 1. The lowest BCUT2D eigenvalue weighted by atomic mass is 9.95. The maximum atomic E-state index is 10.2. The third-order valence-corrected chi connectivity index (χ3v) is 2.87. The van der Waals surface area contributed by atoms with Crippen molar-refractivity contribution < 1.29 is 9.84 Å². The molecule has 16 heavy (non-hydrogen) atoms. The summed E-state index contributed by atoms with van der Waals surface area (Å²) in [5.41, 5.74) is 4.32. The summed E-state index contributed by atoms with van der Waals surface area (Å²) in [5.74, 6) is 0. The molecule has 2 rings (SSSR count). The van der Waals surface area contributed by atoms with Crippen LogP contribution in [0.5, 0.6) is 0 Å². The number of hydrogen-bond donors (Lipinski definition) is 1. The minimum Gasteiger partial charge on any atom is -0.501 e. The highest BCUT2D eigenvalue weighted by Gasteiger charge is 2.16. The number of aryl methyl sites for hydroxylation is 2. The van der Waals surface area contributed by atoms with Gasteiger partial charge >= 0.3 is 0 Å². The SMILES string of the molecule is Cc1cc(C)cc(C(O)C2=COCCC2)c1. The molecule has 1 unspecified atom stereocenters. The van der Waals surface area contributed by atoms with Gasteiger partial charge in [0.2, 0.25) is 0 Å². The molecule has 2 nitrogen and oxygen atoms in total. The first kappa shape index (κ1) is 11.2.